The molecule has 1 rings (SSSR count). The molecule has 0 aromatic heterocycles. The van der Waals surface area contributed by atoms with Gasteiger partial charge in [-0.3, -0.25) is 0 Å². The molecule has 0 saturated carbocycles. The van der Waals surface area contributed by atoms with Crippen LogP contribution in [0.2, 0.25) is 0 Å². The predicted octanol–water partition coefficient (Wildman–Crippen LogP) is 3.67. The van der Waals surface area contributed by atoms with E-state index in [2.05, 4.69) is 26.1 Å². The van der Waals surface area contributed by atoms with Gasteiger partial charge in [-0.1, -0.05) is 20.3 Å². The topological polar surface area (TPSA) is 12.0 Å². The highest BCUT2D eigenvalue weighted by Crippen LogP contribution is 2.15. The lowest BCUT2D eigenvalue weighted by molar-refractivity contribution is 0.494. The van der Waals surface area contributed by atoms with Crippen molar-refractivity contribution in [2.75, 3.05) is 5.32 Å². The van der Waals surface area contributed by atoms with Crippen molar-refractivity contribution >= 4 is 5.69 Å². The molecule has 0 saturated heterocycles. The molecular formula is C12H18FN. The average molecular weight is 195 g/mol. The molecule has 2 atom stereocenters. The molecule has 0 bridgehead atoms. The SMILES string of the molecule is CC[C@@H](C)[C@@H](C)Nc1ccc(F)cc1. The molecule has 0 aliphatic carbocycles. The highest BCUT2D eigenvalue weighted by molar-refractivity contribution is 5.43. The van der Waals surface area contributed by atoms with Crippen molar-refractivity contribution in [1.29, 1.82) is 0 Å². The highest BCUT2D eigenvalue weighted by atomic mass is 19.1. The van der Waals surface area contributed by atoms with Crippen LogP contribution in [0.4, 0.5) is 10.1 Å². The summed E-state index contributed by atoms with van der Waals surface area (Å²) >= 11 is 0. The minimum absolute atomic E-state index is 0.188. The smallest absolute Gasteiger partial charge is 0.123 e. The van der Waals surface area contributed by atoms with E-state index in [1.54, 1.807) is 12.1 Å². The van der Waals surface area contributed by atoms with Crippen molar-refractivity contribution in [3.8, 4) is 0 Å². The van der Waals surface area contributed by atoms with Gasteiger partial charge in [0.1, 0.15) is 5.82 Å². The second-order valence-electron chi connectivity index (χ2n) is 3.83. The molecule has 0 aliphatic rings. The third-order valence-corrected chi connectivity index (χ3v) is 2.74. The maximum absolute atomic E-state index is 12.6. The van der Waals surface area contributed by atoms with Crippen LogP contribution in [0.1, 0.15) is 27.2 Å². The van der Waals surface area contributed by atoms with E-state index in [4.69, 9.17) is 0 Å². The van der Waals surface area contributed by atoms with Crippen molar-refractivity contribution in [3.05, 3.63) is 30.1 Å². The number of anilines is 1. The average Bonchev–Trinajstić information content (AvgIpc) is 2.20. The highest BCUT2D eigenvalue weighted by Gasteiger charge is 2.09. The largest absolute Gasteiger partial charge is 0.382 e. The fourth-order valence-electron chi connectivity index (χ4n) is 1.30. The molecule has 1 nitrogen and oxygen atoms in total. The van der Waals surface area contributed by atoms with E-state index in [1.165, 1.54) is 12.1 Å². The Balaban J connectivity index is 2.56. The molecule has 0 amide bonds. The normalized spacial score (nSPS) is 14.9. The lowest BCUT2D eigenvalue weighted by Crippen LogP contribution is -2.23. The van der Waals surface area contributed by atoms with Crippen LogP contribution in [0.3, 0.4) is 0 Å². The quantitative estimate of drug-likeness (QED) is 0.773. The standard InChI is InChI=1S/C12H18FN/c1-4-9(2)10(3)14-12-7-5-11(13)6-8-12/h5-10,14H,4H2,1-3H3/t9-,10-/m1/s1. The lowest BCUT2D eigenvalue weighted by Gasteiger charge is -2.20. The zero-order valence-electron chi connectivity index (χ0n) is 9.05. The third kappa shape index (κ3) is 3.02. The Kier molecular flexibility index (Phi) is 3.93. The molecule has 1 aromatic rings. The third-order valence-electron chi connectivity index (χ3n) is 2.74. The summed E-state index contributed by atoms with van der Waals surface area (Å²) in [5.41, 5.74) is 0.985. The van der Waals surface area contributed by atoms with Gasteiger partial charge in [0.2, 0.25) is 0 Å². The summed E-state index contributed by atoms with van der Waals surface area (Å²) < 4.78 is 12.6. The zero-order valence-corrected chi connectivity index (χ0v) is 9.05. The van der Waals surface area contributed by atoms with Crippen molar-refractivity contribution in [1.82, 2.24) is 0 Å². The van der Waals surface area contributed by atoms with Gasteiger partial charge in [0.05, 0.1) is 0 Å². The number of rotatable bonds is 4. The summed E-state index contributed by atoms with van der Waals surface area (Å²) in [6.07, 6.45) is 1.15. The predicted molar refractivity (Wildman–Crippen MR) is 58.9 cm³/mol. The van der Waals surface area contributed by atoms with Crippen LogP contribution >= 0.6 is 0 Å². The van der Waals surface area contributed by atoms with E-state index in [1.807, 2.05) is 0 Å². The second-order valence-corrected chi connectivity index (χ2v) is 3.83. The number of hydrogen-bond acceptors (Lipinski definition) is 1. The fraction of sp³-hybridized carbons (Fsp3) is 0.500. The zero-order chi connectivity index (χ0) is 10.6. The van der Waals surface area contributed by atoms with Crippen LogP contribution in [-0.4, -0.2) is 6.04 Å². The van der Waals surface area contributed by atoms with E-state index < -0.39 is 0 Å². The maximum Gasteiger partial charge on any atom is 0.123 e. The Morgan fingerprint density at radius 1 is 1.21 bits per heavy atom. The van der Waals surface area contributed by atoms with Gasteiger partial charge in [-0.25, -0.2) is 4.39 Å². The van der Waals surface area contributed by atoms with Crippen LogP contribution in [0.25, 0.3) is 0 Å². The Labute approximate surface area is 85.3 Å². The van der Waals surface area contributed by atoms with Crippen LogP contribution < -0.4 is 5.32 Å². The van der Waals surface area contributed by atoms with E-state index in [0.717, 1.165) is 12.1 Å². The summed E-state index contributed by atoms with van der Waals surface area (Å²) in [6, 6.07) is 6.92. The lowest BCUT2D eigenvalue weighted by atomic mass is 10.0. The number of halogens is 1. The number of nitrogens with one attached hydrogen (secondary N) is 1. The summed E-state index contributed by atoms with van der Waals surface area (Å²) in [4.78, 5) is 0. The van der Waals surface area contributed by atoms with Gasteiger partial charge in [0, 0.05) is 11.7 Å². The van der Waals surface area contributed by atoms with Gasteiger partial charge in [0.25, 0.3) is 0 Å². The van der Waals surface area contributed by atoms with E-state index in [0.29, 0.717) is 12.0 Å². The Bertz CT molecular complexity index is 268. The molecule has 0 fully saturated rings. The van der Waals surface area contributed by atoms with E-state index in [-0.39, 0.29) is 5.82 Å². The van der Waals surface area contributed by atoms with Crippen LogP contribution in [0.5, 0.6) is 0 Å². The Hall–Kier alpha value is -1.05. The summed E-state index contributed by atoms with van der Waals surface area (Å²) in [5, 5.41) is 3.35. The van der Waals surface area contributed by atoms with Crippen molar-refractivity contribution in [2.24, 2.45) is 5.92 Å². The Morgan fingerprint density at radius 3 is 2.29 bits per heavy atom. The van der Waals surface area contributed by atoms with Crippen LogP contribution in [0, 0.1) is 11.7 Å². The molecule has 0 heterocycles. The first kappa shape index (κ1) is 11.0. The van der Waals surface area contributed by atoms with Gasteiger partial charge >= 0.3 is 0 Å². The van der Waals surface area contributed by atoms with Crippen LogP contribution in [-0.2, 0) is 0 Å². The minimum atomic E-state index is -0.188. The van der Waals surface area contributed by atoms with E-state index >= 15 is 0 Å². The summed E-state index contributed by atoms with van der Waals surface area (Å²) in [7, 11) is 0. The van der Waals surface area contributed by atoms with Crippen molar-refractivity contribution < 1.29 is 4.39 Å². The van der Waals surface area contributed by atoms with Crippen LogP contribution in [0.15, 0.2) is 24.3 Å². The molecule has 1 aromatic carbocycles. The first-order valence-electron chi connectivity index (χ1n) is 5.15. The molecule has 14 heavy (non-hydrogen) atoms. The van der Waals surface area contributed by atoms with Crippen molar-refractivity contribution in [3.63, 3.8) is 0 Å². The second kappa shape index (κ2) is 4.99. The Morgan fingerprint density at radius 2 is 1.79 bits per heavy atom. The van der Waals surface area contributed by atoms with Gasteiger partial charge in [-0.15, -0.1) is 0 Å². The molecule has 78 valence electrons. The number of hydrogen-bond donors (Lipinski definition) is 1. The van der Waals surface area contributed by atoms with Gasteiger partial charge < -0.3 is 5.32 Å². The summed E-state index contributed by atoms with van der Waals surface area (Å²) in [5.74, 6) is 0.437. The molecule has 0 radical (unpaired) electrons. The molecular weight excluding hydrogens is 177 g/mol. The molecule has 0 unspecified atom stereocenters. The molecule has 2 heteroatoms. The molecule has 0 aliphatic heterocycles. The molecule has 1 N–H and O–H groups in total. The summed E-state index contributed by atoms with van der Waals surface area (Å²) in [6.45, 7) is 6.53. The molecule has 0 spiro atoms. The maximum atomic E-state index is 12.6. The van der Waals surface area contributed by atoms with E-state index in [9.17, 15) is 4.39 Å². The fourth-order valence-corrected chi connectivity index (χ4v) is 1.30. The first-order chi connectivity index (χ1) is 6.63. The number of benzene rings is 1. The first-order valence-corrected chi connectivity index (χ1v) is 5.15. The van der Waals surface area contributed by atoms with Gasteiger partial charge in [0.15, 0.2) is 0 Å². The van der Waals surface area contributed by atoms with Gasteiger partial charge in [-0.05, 0) is 37.1 Å². The minimum Gasteiger partial charge on any atom is -0.382 e. The monoisotopic (exact) mass is 195 g/mol. The van der Waals surface area contributed by atoms with Gasteiger partial charge in [-0.2, -0.15) is 0 Å². The van der Waals surface area contributed by atoms with Crippen molar-refractivity contribution in [2.45, 2.75) is 33.2 Å².